The van der Waals surface area contributed by atoms with Gasteiger partial charge in [0, 0.05) is 13.2 Å². The van der Waals surface area contributed by atoms with Crippen molar-refractivity contribution in [1.29, 1.82) is 0 Å². The number of rotatable bonds is 11. The molecule has 8 heteroatoms. The van der Waals surface area contributed by atoms with Gasteiger partial charge < -0.3 is 25.0 Å². The first-order chi connectivity index (χ1) is 13.4. The molecule has 1 amide bonds. The molecule has 8 nitrogen and oxygen atoms in total. The molecule has 0 heterocycles. The predicted molar refractivity (Wildman–Crippen MR) is 101 cm³/mol. The van der Waals surface area contributed by atoms with Gasteiger partial charge >= 0.3 is 11.9 Å². The lowest BCUT2D eigenvalue weighted by Gasteiger charge is -2.34. The first-order valence-corrected chi connectivity index (χ1v) is 10.2. The summed E-state index contributed by atoms with van der Waals surface area (Å²) in [6, 6.07) is -0.152. The quantitative estimate of drug-likeness (QED) is 0.455. The highest BCUT2D eigenvalue weighted by Gasteiger charge is 2.45. The smallest absolute Gasteiger partial charge is 0.308 e. The van der Waals surface area contributed by atoms with Crippen LogP contribution in [0.15, 0.2) is 0 Å². The number of amides is 1. The molecule has 0 bridgehead atoms. The molecule has 0 aliphatic heterocycles. The number of nitrogens with one attached hydrogen (secondary N) is 1. The average Bonchev–Trinajstić information content (AvgIpc) is 3.14. The minimum Gasteiger partial charge on any atom is -0.481 e. The summed E-state index contributed by atoms with van der Waals surface area (Å²) in [7, 11) is 1.55. The molecule has 0 aromatic carbocycles. The van der Waals surface area contributed by atoms with Crippen LogP contribution >= 0.6 is 0 Å². The van der Waals surface area contributed by atoms with Gasteiger partial charge in [0.2, 0.25) is 5.91 Å². The Morgan fingerprint density at radius 2 is 1.82 bits per heavy atom. The van der Waals surface area contributed by atoms with E-state index in [2.05, 4.69) is 5.32 Å². The normalized spacial score (nSPS) is 25.2. The van der Waals surface area contributed by atoms with Crippen molar-refractivity contribution in [3.05, 3.63) is 0 Å². The molecular formula is C20H33NO7. The van der Waals surface area contributed by atoms with Gasteiger partial charge in [0.1, 0.15) is 0 Å². The number of hydrogen-bond donors (Lipinski definition) is 3. The van der Waals surface area contributed by atoms with Crippen LogP contribution in [0.25, 0.3) is 0 Å². The molecule has 2 rings (SSSR count). The lowest BCUT2D eigenvalue weighted by atomic mass is 9.76. The fraction of sp³-hybridized carbons (Fsp3) is 0.850. The Bertz CT molecular complexity index is 545. The van der Waals surface area contributed by atoms with Crippen molar-refractivity contribution in [3.8, 4) is 0 Å². The highest BCUT2D eigenvalue weighted by Crippen LogP contribution is 2.44. The molecule has 2 saturated carbocycles. The van der Waals surface area contributed by atoms with Crippen molar-refractivity contribution in [3.63, 3.8) is 0 Å². The first kappa shape index (κ1) is 22.6. The molecule has 3 atom stereocenters. The molecule has 1 unspecified atom stereocenters. The molecule has 3 N–H and O–H groups in total. The van der Waals surface area contributed by atoms with Crippen molar-refractivity contribution >= 4 is 17.8 Å². The summed E-state index contributed by atoms with van der Waals surface area (Å²) in [6.45, 7) is 0.765. The van der Waals surface area contributed by atoms with Crippen molar-refractivity contribution in [2.45, 2.75) is 63.8 Å². The van der Waals surface area contributed by atoms with Crippen LogP contribution in [0.3, 0.4) is 0 Å². The monoisotopic (exact) mass is 399 g/mol. The van der Waals surface area contributed by atoms with Crippen LogP contribution in [0.1, 0.15) is 57.8 Å². The number of ether oxygens (including phenoxy) is 2. The number of carbonyl (C=O) groups is 3. The third-order valence-electron chi connectivity index (χ3n) is 6.14. The topological polar surface area (TPSA) is 122 Å². The number of carboxylic acid groups (broad SMARTS) is 2. The SMILES string of the molecule is COCCOCC(CC1(C(=O)N[C@@H]2CCC[C@H](C(=O)O)C2)CCCC1)C(=O)O. The lowest BCUT2D eigenvalue weighted by Crippen LogP contribution is -2.48. The Labute approximate surface area is 166 Å². The minimum atomic E-state index is -0.958. The second-order valence-electron chi connectivity index (χ2n) is 8.17. The van der Waals surface area contributed by atoms with E-state index in [9.17, 15) is 24.6 Å². The summed E-state index contributed by atoms with van der Waals surface area (Å²) in [4.78, 5) is 36.1. The van der Waals surface area contributed by atoms with Crippen LogP contribution < -0.4 is 5.32 Å². The van der Waals surface area contributed by atoms with Gasteiger partial charge in [0.05, 0.1) is 37.1 Å². The minimum absolute atomic E-state index is 0.0538. The number of carbonyl (C=O) groups excluding carboxylic acids is 1. The van der Waals surface area contributed by atoms with E-state index in [1.54, 1.807) is 7.11 Å². The van der Waals surface area contributed by atoms with E-state index < -0.39 is 29.2 Å². The van der Waals surface area contributed by atoms with Crippen LogP contribution in [0.2, 0.25) is 0 Å². The van der Waals surface area contributed by atoms with Crippen LogP contribution in [0.5, 0.6) is 0 Å². The number of methoxy groups -OCH3 is 1. The fourth-order valence-electron chi connectivity index (χ4n) is 4.52. The van der Waals surface area contributed by atoms with Crippen LogP contribution in [-0.2, 0) is 23.9 Å². The van der Waals surface area contributed by atoms with Gasteiger partial charge in [-0.15, -0.1) is 0 Å². The zero-order valence-corrected chi connectivity index (χ0v) is 16.7. The molecular weight excluding hydrogens is 366 g/mol. The van der Waals surface area contributed by atoms with Gasteiger partial charge in [0.25, 0.3) is 0 Å². The van der Waals surface area contributed by atoms with Crippen molar-refractivity contribution < 1.29 is 34.1 Å². The van der Waals surface area contributed by atoms with Crippen LogP contribution in [0.4, 0.5) is 0 Å². The largest absolute Gasteiger partial charge is 0.481 e. The average molecular weight is 399 g/mol. The zero-order chi connectivity index (χ0) is 20.6. The summed E-state index contributed by atoms with van der Waals surface area (Å²) in [5.41, 5.74) is -0.705. The van der Waals surface area contributed by atoms with Gasteiger partial charge in [-0.1, -0.05) is 19.3 Å². The van der Waals surface area contributed by atoms with Crippen molar-refractivity contribution in [1.82, 2.24) is 5.32 Å². The molecule has 0 saturated heterocycles. The van der Waals surface area contributed by atoms with E-state index in [1.807, 2.05) is 0 Å². The summed E-state index contributed by atoms with van der Waals surface area (Å²) in [6.07, 6.45) is 6.00. The summed E-state index contributed by atoms with van der Waals surface area (Å²) in [5.74, 6) is -3.06. The maximum Gasteiger partial charge on any atom is 0.308 e. The van der Waals surface area contributed by atoms with Gasteiger partial charge in [-0.25, -0.2) is 0 Å². The molecule has 2 aliphatic rings. The number of carboxylic acids is 2. The molecule has 2 aliphatic carbocycles. The first-order valence-electron chi connectivity index (χ1n) is 10.2. The van der Waals surface area contributed by atoms with Gasteiger partial charge in [0.15, 0.2) is 0 Å². The van der Waals surface area contributed by atoms with Gasteiger partial charge in [-0.3, -0.25) is 14.4 Å². The number of hydrogen-bond acceptors (Lipinski definition) is 5. The molecule has 0 radical (unpaired) electrons. The second-order valence-corrected chi connectivity index (χ2v) is 8.17. The predicted octanol–water partition coefficient (Wildman–Crippen LogP) is 2.06. The standard InChI is InChI=1S/C20H33NO7/c1-27-9-10-28-13-15(18(24)25)12-20(7-2-3-8-20)19(26)21-16-6-4-5-14(11-16)17(22)23/h14-16H,2-13H2,1H3,(H,21,26)(H,22,23)(H,24,25)/t14-,15?,16+/m0/s1. The third-order valence-corrected chi connectivity index (χ3v) is 6.14. The molecule has 160 valence electrons. The Kier molecular flexibility index (Phi) is 8.69. The highest BCUT2D eigenvalue weighted by atomic mass is 16.5. The fourth-order valence-corrected chi connectivity index (χ4v) is 4.52. The van der Waals surface area contributed by atoms with Crippen molar-refractivity contribution in [2.75, 3.05) is 26.9 Å². The van der Waals surface area contributed by atoms with E-state index in [0.717, 1.165) is 25.7 Å². The maximum atomic E-state index is 13.1. The van der Waals surface area contributed by atoms with Crippen LogP contribution in [0, 0.1) is 17.3 Å². The Morgan fingerprint density at radius 1 is 1.11 bits per heavy atom. The highest BCUT2D eigenvalue weighted by molar-refractivity contribution is 5.84. The van der Waals surface area contributed by atoms with Gasteiger partial charge in [-0.2, -0.15) is 0 Å². The Balaban J connectivity index is 1.99. The molecule has 2 fully saturated rings. The van der Waals surface area contributed by atoms with E-state index in [1.165, 1.54) is 0 Å². The van der Waals surface area contributed by atoms with Crippen LogP contribution in [-0.4, -0.2) is 61.0 Å². The van der Waals surface area contributed by atoms with Crippen molar-refractivity contribution in [2.24, 2.45) is 17.3 Å². The summed E-state index contributed by atoms with van der Waals surface area (Å²) in [5, 5.41) is 21.9. The number of aliphatic carboxylic acids is 2. The molecule has 0 spiro atoms. The van der Waals surface area contributed by atoms with E-state index in [-0.39, 0.29) is 25.0 Å². The summed E-state index contributed by atoms with van der Waals surface area (Å²) < 4.78 is 10.3. The van der Waals surface area contributed by atoms with E-state index in [0.29, 0.717) is 38.9 Å². The van der Waals surface area contributed by atoms with Gasteiger partial charge in [-0.05, 0) is 38.5 Å². The Hall–Kier alpha value is -1.67. The molecule has 0 aromatic rings. The van der Waals surface area contributed by atoms with E-state index >= 15 is 0 Å². The Morgan fingerprint density at radius 3 is 2.43 bits per heavy atom. The molecule has 28 heavy (non-hydrogen) atoms. The lowest BCUT2D eigenvalue weighted by molar-refractivity contribution is -0.148. The summed E-state index contributed by atoms with van der Waals surface area (Å²) >= 11 is 0. The zero-order valence-electron chi connectivity index (χ0n) is 16.7. The van der Waals surface area contributed by atoms with E-state index in [4.69, 9.17) is 9.47 Å². The molecule has 0 aromatic heterocycles. The second kappa shape index (κ2) is 10.8. The maximum absolute atomic E-state index is 13.1. The third kappa shape index (κ3) is 6.17.